The van der Waals surface area contributed by atoms with Gasteiger partial charge in [-0.05, 0) is 51.9 Å². The number of hydrogen-bond donors (Lipinski definition) is 1. The molecular weight excluding hydrogens is 210 g/mol. The van der Waals surface area contributed by atoms with Crippen LogP contribution in [0, 0.1) is 5.92 Å². The zero-order valence-corrected chi connectivity index (χ0v) is 11.8. The minimum Gasteiger partial charge on any atom is -0.315 e. The summed E-state index contributed by atoms with van der Waals surface area (Å²) in [6.45, 7) is 11.1. The third-order valence-electron chi connectivity index (χ3n) is 4.52. The molecule has 0 bridgehead atoms. The molecule has 2 rings (SSSR count). The Morgan fingerprint density at radius 3 is 2.65 bits per heavy atom. The molecule has 2 heterocycles. The summed E-state index contributed by atoms with van der Waals surface area (Å²) in [6.07, 6.45) is 4.19. The Kier molecular flexibility index (Phi) is 4.83. The van der Waals surface area contributed by atoms with E-state index in [1.54, 1.807) is 0 Å². The SMILES string of the molecule is CNC(CN1CCCN2CCCC2C1)C(C)C. The second-order valence-electron chi connectivity index (χ2n) is 6.08. The molecular formula is C14H29N3. The first-order valence-electron chi connectivity index (χ1n) is 7.34. The quantitative estimate of drug-likeness (QED) is 0.800. The Balaban J connectivity index is 1.87. The van der Waals surface area contributed by atoms with Gasteiger partial charge in [0, 0.05) is 25.2 Å². The van der Waals surface area contributed by atoms with Gasteiger partial charge in [0.15, 0.2) is 0 Å². The van der Waals surface area contributed by atoms with Crippen LogP contribution in [0.4, 0.5) is 0 Å². The van der Waals surface area contributed by atoms with Gasteiger partial charge in [-0.3, -0.25) is 4.90 Å². The van der Waals surface area contributed by atoms with Crippen molar-refractivity contribution in [1.29, 1.82) is 0 Å². The zero-order chi connectivity index (χ0) is 12.3. The van der Waals surface area contributed by atoms with Crippen LogP contribution in [-0.2, 0) is 0 Å². The predicted octanol–water partition coefficient (Wildman–Crippen LogP) is 1.40. The predicted molar refractivity (Wildman–Crippen MR) is 73.3 cm³/mol. The monoisotopic (exact) mass is 239 g/mol. The largest absolute Gasteiger partial charge is 0.315 e. The average molecular weight is 239 g/mol. The molecule has 1 N–H and O–H groups in total. The first-order chi connectivity index (χ1) is 8.20. The zero-order valence-electron chi connectivity index (χ0n) is 11.8. The summed E-state index contributed by atoms with van der Waals surface area (Å²) in [5, 5.41) is 3.47. The molecule has 0 aromatic rings. The molecule has 3 heteroatoms. The summed E-state index contributed by atoms with van der Waals surface area (Å²) in [4.78, 5) is 5.40. The number of nitrogens with zero attached hydrogens (tertiary/aromatic N) is 2. The van der Waals surface area contributed by atoms with Crippen molar-refractivity contribution in [2.24, 2.45) is 5.92 Å². The van der Waals surface area contributed by atoms with Gasteiger partial charge >= 0.3 is 0 Å². The maximum atomic E-state index is 3.47. The Morgan fingerprint density at radius 1 is 1.18 bits per heavy atom. The third-order valence-corrected chi connectivity index (χ3v) is 4.52. The van der Waals surface area contributed by atoms with Gasteiger partial charge in [0.25, 0.3) is 0 Å². The highest BCUT2D eigenvalue weighted by atomic mass is 15.3. The summed E-state index contributed by atoms with van der Waals surface area (Å²) >= 11 is 0. The summed E-state index contributed by atoms with van der Waals surface area (Å²) in [5.41, 5.74) is 0. The van der Waals surface area contributed by atoms with Crippen molar-refractivity contribution in [3.05, 3.63) is 0 Å². The second kappa shape index (κ2) is 6.17. The van der Waals surface area contributed by atoms with E-state index in [2.05, 4.69) is 36.0 Å². The van der Waals surface area contributed by atoms with Gasteiger partial charge in [-0.2, -0.15) is 0 Å². The fraction of sp³-hybridized carbons (Fsp3) is 1.00. The van der Waals surface area contributed by atoms with Crippen molar-refractivity contribution in [2.75, 3.05) is 39.8 Å². The molecule has 2 fully saturated rings. The molecule has 0 spiro atoms. The highest BCUT2D eigenvalue weighted by Gasteiger charge is 2.29. The van der Waals surface area contributed by atoms with Crippen molar-refractivity contribution in [3.8, 4) is 0 Å². The van der Waals surface area contributed by atoms with E-state index < -0.39 is 0 Å². The van der Waals surface area contributed by atoms with Crippen LogP contribution in [-0.4, -0.2) is 61.7 Å². The lowest BCUT2D eigenvalue weighted by Gasteiger charge is -2.30. The standard InChI is InChI=1S/C14H29N3/c1-12(2)14(15-3)11-16-7-5-9-17-8-4-6-13(17)10-16/h12-15H,4-11H2,1-3H3. The molecule has 2 unspecified atom stereocenters. The summed E-state index contributed by atoms with van der Waals surface area (Å²) in [7, 11) is 2.10. The minimum absolute atomic E-state index is 0.642. The topological polar surface area (TPSA) is 18.5 Å². The fourth-order valence-corrected chi connectivity index (χ4v) is 3.36. The van der Waals surface area contributed by atoms with Gasteiger partial charge in [-0.25, -0.2) is 0 Å². The smallest absolute Gasteiger partial charge is 0.0223 e. The van der Waals surface area contributed by atoms with Gasteiger partial charge < -0.3 is 10.2 Å². The van der Waals surface area contributed by atoms with Gasteiger partial charge in [0.2, 0.25) is 0 Å². The summed E-state index contributed by atoms with van der Waals surface area (Å²) in [6, 6.07) is 1.49. The van der Waals surface area contributed by atoms with Gasteiger partial charge in [-0.15, -0.1) is 0 Å². The maximum absolute atomic E-state index is 3.47. The van der Waals surface area contributed by atoms with Crippen molar-refractivity contribution >= 4 is 0 Å². The van der Waals surface area contributed by atoms with Crippen LogP contribution < -0.4 is 5.32 Å². The molecule has 0 aromatic heterocycles. The van der Waals surface area contributed by atoms with Crippen molar-refractivity contribution < 1.29 is 0 Å². The Labute approximate surface area is 107 Å². The minimum atomic E-state index is 0.642. The third kappa shape index (κ3) is 3.43. The molecule has 100 valence electrons. The second-order valence-corrected chi connectivity index (χ2v) is 6.08. The van der Waals surface area contributed by atoms with E-state index in [-0.39, 0.29) is 0 Å². The molecule has 0 saturated carbocycles. The van der Waals surface area contributed by atoms with Crippen LogP contribution in [0.25, 0.3) is 0 Å². The van der Waals surface area contributed by atoms with Crippen LogP contribution in [0.2, 0.25) is 0 Å². The van der Waals surface area contributed by atoms with Gasteiger partial charge in [0.1, 0.15) is 0 Å². The Hall–Kier alpha value is -0.120. The number of likely N-dealkylation sites (N-methyl/N-ethyl adjacent to an activating group) is 1. The lowest BCUT2D eigenvalue weighted by molar-refractivity contribution is 0.195. The molecule has 2 aliphatic rings. The molecule has 0 radical (unpaired) electrons. The number of hydrogen-bond acceptors (Lipinski definition) is 3. The molecule has 0 aromatic carbocycles. The van der Waals surface area contributed by atoms with Gasteiger partial charge in [0.05, 0.1) is 0 Å². The van der Waals surface area contributed by atoms with Crippen LogP contribution in [0.5, 0.6) is 0 Å². The number of rotatable bonds is 4. The lowest BCUT2D eigenvalue weighted by atomic mass is 10.0. The molecule has 0 amide bonds. The summed E-state index contributed by atoms with van der Waals surface area (Å²) in [5.74, 6) is 0.725. The van der Waals surface area contributed by atoms with E-state index in [0.29, 0.717) is 6.04 Å². The van der Waals surface area contributed by atoms with E-state index in [9.17, 15) is 0 Å². The van der Waals surface area contributed by atoms with Gasteiger partial charge in [-0.1, -0.05) is 13.8 Å². The normalized spacial score (nSPS) is 29.3. The molecule has 3 nitrogen and oxygen atoms in total. The Morgan fingerprint density at radius 2 is 1.94 bits per heavy atom. The molecule has 2 saturated heterocycles. The number of fused-ring (bicyclic) bond motifs is 1. The van der Waals surface area contributed by atoms with Crippen molar-refractivity contribution in [1.82, 2.24) is 15.1 Å². The molecule has 2 atom stereocenters. The number of nitrogens with one attached hydrogen (secondary N) is 1. The van der Waals surface area contributed by atoms with E-state index in [1.165, 1.54) is 52.0 Å². The molecule has 2 aliphatic heterocycles. The van der Waals surface area contributed by atoms with Crippen molar-refractivity contribution in [2.45, 2.75) is 45.2 Å². The first-order valence-corrected chi connectivity index (χ1v) is 7.34. The maximum Gasteiger partial charge on any atom is 0.0223 e. The molecule has 17 heavy (non-hydrogen) atoms. The van der Waals surface area contributed by atoms with Crippen LogP contribution in [0.1, 0.15) is 33.1 Å². The molecule has 0 aliphatic carbocycles. The fourth-order valence-electron chi connectivity index (χ4n) is 3.36. The average Bonchev–Trinajstić information content (AvgIpc) is 2.64. The summed E-state index contributed by atoms with van der Waals surface area (Å²) < 4.78 is 0. The highest BCUT2D eigenvalue weighted by molar-refractivity contribution is 4.86. The highest BCUT2D eigenvalue weighted by Crippen LogP contribution is 2.21. The van der Waals surface area contributed by atoms with E-state index >= 15 is 0 Å². The van der Waals surface area contributed by atoms with Crippen LogP contribution >= 0.6 is 0 Å². The van der Waals surface area contributed by atoms with Crippen molar-refractivity contribution in [3.63, 3.8) is 0 Å². The van der Waals surface area contributed by atoms with E-state index in [4.69, 9.17) is 0 Å². The van der Waals surface area contributed by atoms with Crippen LogP contribution in [0.3, 0.4) is 0 Å². The first kappa shape index (κ1) is 13.3. The van der Waals surface area contributed by atoms with E-state index in [0.717, 1.165) is 12.0 Å². The van der Waals surface area contributed by atoms with E-state index in [1.807, 2.05) is 0 Å². The lowest BCUT2D eigenvalue weighted by Crippen LogP contribution is -2.45. The van der Waals surface area contributed by atoms with Crippen LogP contribution in [0.15, 0.2) is 0 Å². The Bertz CT molecular complexity index is 230.